The molecular formula is C8H11NO. The second kappa shape index (κ2) is 2.80. The maximum absolute atomic E-state index is 10.1. The van der Waals surface area contributed by atoms with Crippen molar-refractivity contribution in [2.75, 3.05) is 0 Å². The van der Waals surface area contributed by atoms with Gasteiger partial charge in [-0.05, 0) is 6.42 Å². The third-order valence-electron chi connectivity index (χ3n) is 1.64. The third kappa shape index (κ3) is 1.54. The topological polar surface area (TPSA) is 43.1 Å². The first-order valence-corrected chi connectivity index (χ1v) is 3.34. The summed E-state index contributed by atoms with van der Waals surface area (Å²) < 4.78 is 0. The highest BCUT2D eigenvalue weighted by atomic mass is 16.1. The van der Waals surface area contributed by atoms with Crippen LogP contribution in [0, 0.1) is 0 Å². The van der Waals surface area contributed by atoms with Gasteiger partial charge in [0.05, 0.1) is 0 Å². The van der Waals surface area contributed by atoms with E-state index in [4.69, 9.17) is 5.73 Å². The molecule has 0 fully saturated rings. The zero-order valence-corrected chi connectivity index (χ0v) is 5.79. The van der Waals surface area contributed by atoms with Crippen LogP contribution in [0.3, 0.4) is 0 Å². The van der Waals surface area contributed by atoms with Gasteiger partial charge in [-0.15, -0.1) is 0 Å². The van der Waals surface area contributed by atoms with E-state index in [9.17, 15) is 4.79 Å². The van der Waals surface area contributed by atoms with Crippen LogP contribution in [-0.4, -0.2) is 11.8 Å². The largest absolute Gasteiger partial charge is 0.321 e. The van der Waals surface area contributed by atoms with Crippen molar-refractivity contribution in [3.05, 3.63) is 24.3 Å². The van der Waals surface area contributed by atoms with E-state index < -0.39 is 5.54 Å². The Morgan fingerprint density at radius 2 is 2.40 bits per heavy atom. The quantitative estimate of drug-likeness (QED) is 0.572. The molecule has 0 heterocycles. The van der Waals surface area contributed by atoms with E-state index >= 15 is 0 Å². The van der Waals surface area contributed by atoms with E-state index in [1.165, 1.54) is 0 Å². The summed E-state index contributed by atoms with van der Waals surface area (Å²) in [5.74, 6) is 0. The number of aldehydes is 1. The lowest BCUT2D eigenvalue weighted by Crippen LogP contribution is -2.38. The van der Waals surface area contributed by atoms with Gasteiger partial charge in [0.1, 0.15) is 6.29 Å². The molecule has 0 aliphatic heterocycles. The van der Waals surface area contributed by atoms with Gasteiger partial charge in [0.15, 0.2) is 0 Å². The molecule has 0 aromatic carbocycles. The summed E-state index contributed by atoms with van der Waals surface area (Å²) in [4.78, 5) is 10.1. The highest BCUT2D eigenvalue weighted by molar-refractivity contribution is 5.53. The van der Waals surface area contributed by atoms with Crippen LogP contribution in [-0.2, 0) is 4.79 Å². The molecule has 1 atom stereocenters. The van der Waals surface area contributed by atoms with Crippen molar-refractivity contribution in [1.29, 1.82) is 0 Å². The molecule has 54 valence electrons. The fourth-order valence-electron chi connectivity index (χ4n) is 0.988. The van der Waals surface area contributed by atoms with Crippen molar-refractivity contribution in [3.63, 3.8) is 0 Å². The van der Waals surface area contributed by atoms with Crippen LogP contribution in [0.15, 0.2) is 24.3 Å². The highest BCUT2D eigenvalue weighted by Crippen LogP contribution is 2.16. The van der Waals surface area contributed by atoms with Crippen molar-refractivity contribution in [2.24, 2.45) is 5.73 Å². The number of nitrogens with two attached hydrogens (primary N) is 1. The molecule has 1 aliphatic rings. The Morgan fingerprint density at radius 3 is 2.90 bits per heavy atom. The highest BCUT2D eigenvalue weighted by Gasteiger charge is 2.19. The fraction of sp³-hybridized carbons (Fsp3) is 0.375. The summed E-state index contributed by atoms with van der Waals surface area (Å²) in [6, 6.07) is 0. The fourth-order valence-corrected chi connectivity index (χ4v) is 0.988. The Labute approximate surface area is 60.4 Å². The van der Waals surface area contributed by atoms with Gasteiger partial charge in [0.25, 0.3) is 0 Å². The molecule has 2 heteroatoms. The Kier molecular flexibility index (Phi) is 2.02. The predicted octanol–water partition coefficient (Wildman–Crippen LogP) is 0.789. The minimum atomic E-state index is -0.406. The molecule has 0 amide bonds. The maximum Gasteiger partial charge on any atom is 0.122 e. The average Bonchev–Trinajstić information content (AvgIpc) is 1.89. The summed E-state index contributed by atoms with van der Waals surface area (Å²) in [6.07, 6.45) is 9.72. The monoisotopic (exact) mass is 137 g/mol. The van der Waals surface area contributed by atoms with Gasteiger partial charge < -0.3 is 10.5 Å². The Balaban J connectivity index is 2.60. The second-order valence-corrected chi connectivity index (χ2v) is 2.60. The molecule has 0 spiro atoms. The van der Waals surface area contributed by atoms with Crippen molar-refractivity contribution in [2.45, 2.75) is 18.4 Å². The standard InChI is InChI=1S/C8H11NO/c9-8(6-7-10)4-2-1-3-5-8/h1-4,7H,5-6,9H2. The molecule has 2 N–H and O–H groups in total. The third-order valence-corrected chi connectivity index (χ3v) is 1.64. The molecule has 0 saturated heterocycles. The SMILES string of the molecule is NC1(CC=O)C=CC=CC1. The molecule has 0 saturated carbocycles. The van der Waals surface area contributed by atoms with E-state index in [0.29, 0.717) is 6.42 Å². The minimum absolute atomic E-state index is 0.406. The average molecular weight is 137 g/mol. The van der Waals surface area contributed by atoms with Crippen molar-refractivity contribution < 1.29 is 4.79 Å². The summed E-state index contributed by atoms with van der Waals surface area (Å²) >= 11 is 0. The van der Waals surface area contributed by atoms with Crippen LogP contribution in [0.5, 0.6) is 0 Å². The van der Waals surface area contributed by atoms with E-state index in [0.717, 1.165) is 12.7 Å². The molecule has 0 aromatic heterocycles. The molecule has 1 rings (SSSR count). The van der Waals surface area contributed by atoms with E-state index in [1.54, 1.807) is 0 Å². The second-order valence-electron chi connectivity index (χ2n) is 2.60. The first-order valence-electron chi connectivity index (χ1n) is 3.34. The molecular weight excluding hydrogens is 126 g/mol. The number of rotatable bonds is 2. The lowest BCUT2D eigenvalue weighted by molar-refractivity contribution is -0.108. The van der Waals surface area contributed by atoms with Crippen LogP contribution in [0.4, 0.5) is 0 Å². The molecule has 0 radical (unpaired) electrons. The van der Waals surface area contributed by atoms with Crippen LogP contribution >= 0.6 is 0 Å². The zero-order valence-electron chi connectivity index (χ0n) is 5.79. The van der Waals surface area contributed by atoms with Gasteiger partial charge in [-0.3, -0.25) is 0 Å². The smallest absolute Gasteiger partial charge is 0.122 e. The Bertz CT molecular complexity index is 180. The number of hydrogen-bond acceptors (Lipinski definition) is 2. The molecule has 10 heavy (non-hydrogen) atoms. The van der Waals surface area contributed by atoms with Gasteiger partial charge in [-0.1, -0.05) is 24.3 Å². The first-order chi connectivity index (χ1) is 4.77. The molecule has 1 unspecified atom stereocenters. The normalized spacial score (nSPS) is 30.5. The summed E-state index contributed by atoms with van der Waals surface area (Å²) in [5, 5.41) is 0. The van der Waals surface area contributed by atoms with Gasteiger partial charge in [-0.25, -0.2) is 0 Å². The number of allylic oxidation sites excluding steroid dienone is 2. The lowest BCUT2D eigenvalue weighted by Gasteiger charge is -2.23. The van der Waals surface area contributed by atoms with Gasteiger partial charge in [0, 0.05) is 12.0 Å². The van der Waals surface area contributed by atoms with E-state index in [2.05, 4.69) is 0 Å². The Hall–Kier alpha value is -0.890. The van der Waals surface area contributed by atoms with Crippen LogP contribution < -0.4 is 5.73 Å². The number of hydrogen-bond donors (Lipinski definition) is 1. The first kappa shape index (κ1) is 7.22. The predicted molar refractivity (Wildman–Crippen MR) is 40.5 cm³/mol. The minimum Gasteiger partial charge on any atom is -0.321 e. The molecule has 1 aliphatic carbocycles. The molecule has 0 aromatic rings. The Morgan fingerprint density at radius 1 is 1.60 bits per heavy atom. The van der Waals surface area contributed by atoms with Crippen LogP contribution in [0.2, 0.25) is 0 Å². The number of carbonyl (C=O) groups excluding carboxylic acids is 1. The van der Waals surface area contributed by atoms with Gasteiger partial charge >= 0.3 is 0 Å². The maximum atomic E-state index is 10.1. The number of carbonyl (C=O) groups is 1. The van der Waals surface area contributed by atoms with Crippen molar-refractivity contribution in [3.8, 4) is 0 Å². The van der Waals surface area contributed by atoms with Gasteiger partial charge in [0.2, 0.25) is 0 Å². The van der Waals surface area contributed by atoms with Crippen molar-refractivity contribution in [1.82, 2.24) is 0 Å². The van der Waals surface area contributed by atoms with Gasteiger partial charge in [-0.2, -0.15) is 0 Å². The van der Waals surface area contributed by atoms with Crippen LogP contribution in [0.1, 0.15) is 12.8 Å². The summed E-state index contributed by atoms with van der Waals surface area (Å²) in [7, 11) is 0. The van der Waals surface area contributed by atoms with E-state index in [-0.39, 0.29) is 0 Å². The zero-order chi connectivity index (χ0) is 7.45. The summed E-state index contributed by atoms with van der Waals surface area (Å²) in [5.41, 5.74) is 5.39. The molecule has 0 bridgehead atoms. The van der Waals surface area contributed by atoms with Crippen molar-refractivity contribution >= 4 is 6.29 Å². The summed E-state index contributed by atoms with van der Waals surface area (Å²) in [6.45, 7) is 0. The molecule has 2 nitrogen and oxygen atoms in total. The lowest BCUT2D eigenvalue weighted by atomic mass is 9.90. The van der Waals surface area contributed by atoms with E-state index in [1.807, 2.05) is 24.3 Å². The van der Waals surface area contributed by atoms with Crippen LogP contribution in [0.25, 0.3) is 0 Å².